The second kappa shape index (κ2) is 6.22. The summed E-state index contributed by atoms with van der Waals surface area (Å²) < 4.78 is 7.29. The quantitative estimate of drug-likeness (QED) is 0.797. The van der Waals surface area contributed by atoms with Gasteiger partial charge in [0, 0.05) is 5.56 Å². The average Bonchev–Trinajstić information content (AvgIpc) is 2.23. The van der Waals surface area contributed by atoms with Crippen LogP contribution in [0.4, 0.5) is 0 Å². The molecule has 0 amide bonds. The van der Waals surface area contributed by atoms with E-state index >= 15 is 0 Å². The van der Waals surface area contributed by atoms with Crippen LogP contribution in [-0.4, -0.2) is 18.8 Å². The van der Waals surface area contributed by atoms with Gasteiger partial charge in [-0.1, -0.05) is 32.4 Å². The Balaban J connectivity index is 3.57. The molecule has 0 radical (unpaired) electrons. The second-order valence-electron chi connectivity index (χ2n) is 7.63. The molecule has 0 saturated heterocycles. The van der Waals surface area contributed by atoms with E-state index in [0.717, 1.165) is 0 Å². The van der Waals surface area contributed by atoms with Gasteiger partial charge in [0.15, 0.2) is 9.04 Å². The summed E-state index contributed by atoms with van der Waals surface area (Å²) in [5.74, 6) is 0. The van der Waals surface area contributed by atoms with Crippen LogP contribution in [0.5, 0.6) is 0 Å². The Morgan fingerprint density at radius 2 is 1.71 bits per heavy atom. The standard InChI is InChI=1S/C15H27ClN2O2Si/c1-14(2,3)11-12(16)10(9-20-21(7)8)17-18(13(11)19)15(4,5)6/h21H,9H2,1-8H3. The topological polar surface area (TPSA) is 44.1 Å². The molecule has 0 spiro atoms. The fourth-order valence-electron chi connectivity index (χ4n) is 2.00. The van der Waals surface area contributed by atoms with Crippen LogP contribution in [0.15, 0.2) is 4.79 Å². The van der Waals surface area contributed by atoms with Crippen LogP contribution >= 0.6 is 11.6 Å². The molecule has 0 aliphatic rings. The van der Waals surface area contributed by atoms with E-state index in [1.807, 2.05) is 41.5 Å². The molecule has 1 aromatic rings. The summed E-state index contributed by atoms with van der Waals surface area (Å²) in [7, 11) is -1.17. The molecule has 0 atom stereocenters. The first-order valence-electron chi connectivity index (χ1n) is 7.30. The van der Waals surface area contributed by atoms with Gasteiger partial charge in [-0.15, -0.1) is 0 Å². The molecule has 21 heavy (non-hydrogen) atoms. The van der Waals surface area contributed by atoms with E-state index in [0.29, 0.717) is 22.9 Å². The molecule has 0 aromatic carbocycles. The summed E-state index contributed by atoms with van der Waals surface area (Å²) in [5, 5.41) is 4.91. The molecule has 0 N–H and O–H groups in total. The molecule has 0 saturated carbocycles. The zero-order valence-electron chi connectivity index (χ0n) is 14.4. The molecule has 4 nitrogen and oxygen atoms in total. The van der Waals surface area contributed by atoms with Gasteiger partial charge >= 0.3 is 0 Å². The highest BCUT2D eigenvalue weighted by Crippen LogP contribution is 2.29. The lowest BCUT2D eigenvalue weighted by Gasteiger charge is -2.27. The Hall–Kier alpha value is -0.653. The molecular weight excluding hydrogens is 304 g/mol. The van der Waals surface area contributed by atoms with Gasteiger partial charge in [-0.3, -0.25) is 4.79 Å². The minimum absolute atomic E-state index is 0.120. The smallest absolute Gasteiger partial charge is 0.272 e. The van der Waals surface area contributed by atoms with Crippen molar-refractivity contribution in [2.75, 3.05) is 0 Å². The van der Waals surface area contributed by atoms with Gasteiger partial charge < -0.3 is 4.43 Å². The third kappa shape index (κ3) is 4.41. The number of hydrogen-bond donors (Lipinski definition) is 0. The van der Waals surface area contributed by atoms with Crippen molar-refractivity contribution in [3.05, 3.63) is 26.6 Å². The summed E-state index contributed by atoms with van der Waals surface area (Å²) in [6.07, 6.45) is 0. The van der Waals surface area contributed by atoms with Crippen molar-refractivity contribution in [1.29, 1.82) is 0 Å². The minimum atomic E-state index is -1.17. The molecule has 1 rings (SSSR count). The fourth-order valence-corrected chi connectivity index (χ4v) is 2.94. The summed E-state index contributed by atoms with van der Waals surface area (Å²) in [6, 6.07) is 0. The third-order valence-electron chi connectivity index (χ3n) is 3.04. The van der Waals surface area contributed by atoms with Crippen LogP contribution in [-0.2, 0) is 22.0 Å². The van der Waals surface area contributed by atoms with Crippen molar-refractivity contribution in [3.63, 3.8) is 0 Å². The van der Waals surface area contributed by atoms with Crippen molar-refractivity contribution >= 4 is 20.6 Å². The van der Waals surface area contributed by atoms with Crippen molar-refractivity contribution in [2.45, 2.75) is 72.2 Å². The summed E-state index contributed by atoms with van der Waals surface area (Å²) in [6.45, 7) is 16.4. The van der Waals surface area contributed by atoms with Crippen molar-refractivity contribution in [3.8, 4) is 0 Å². The van der Waals surface area contributed by atoms with Crippen molar-refractivity contribution in [1.82, 2.24) is 9.78 Å². The highest BCUT2D eigenvalue weighted by molar-refractivity contribution is 6.48. The average molecular weight is 331 g/mol. The molecule has 1 heterocycles. The number of nitrogens with zero attached hydrogens (tertiary/aromatic N) is 2. The lowest BCUT2D eigenvalue weighted by atomic mass is 9.87. The number of rotatable bonds is 3. The maximum atomic E-state index is 12.8. The minimum Gasteiger partial charge on any atom is -0.415 e. The number of hydrogen-bond acceptors (Lipinski definition) is 3. The summed E-state index contributed by atoms with van der Waals surface area (Å²) in [4.78, 5) is 12.8. The van der Waals surface area contributed by atoms with Crippen molar-refractivity contribution < 1.29 is 4.43 Å². The van der Waals surface area contributed by atoms with Gasteiger partial charge in [-0.05, 0) is 39.3 Å². The van der Waals surface area contributed by atoms with Gasteiger partial charge in [0.05, 0.1) is 17.2 Å². The van der Waals surface area contributed by atoms with E-state index in [9.17, 15) is 4.79 Å². The molecule has 0 aliphatic carbocycles. The number of halogens is 1. The van der Waals surface area contributed by atoms with Crippen LogP contribution in [0.1, 0.15) is 52.8 Å². The highest BCUT2D eigenvalue weighted by Gasteiger charge is 2.29. The van der Waals surface area contributed by atoms with E-state index in [2.05, 4.69) is 18.2 Å². The van der Waals surface area contributed by atoms with E-state index in [4.69, 9.17) is 16.0 Å². The fraction of sp³-hybridized carbons (Fsp3) is 0.733. The molecule has 0 aliphatic heterocycles. The van der Waals surface area contributed by atoms with Crippen LogP contribution in [0.2, 0.25) is 18.1 Å². The largest absolute Gasteiger partial charge is 0.415 e. The Morgan fingerprint density at radius 1 is 1.19 bits per heavy atom. The second-order valence-corrected chi connectivity index (χ2v) is 10.4. The SMILES string of the molecule is C[SiH](C)OCc1nn(C(C)(C)C)c(=O)c(C(C)(C)C)c1Cl. The van der Waals surface area contributed by atoms with E-state index in [1.165, 1.54) is 4.68 Å². The normalized spacial score (nSPS) is 13.0. The maximum Gasteiger partial charge on any atom is 0.272 e. The van der Waals surface area contributed by atoms with Crippen molar-refractivity contribution in [2.24, 2.45) is 0 Å². The first-order valence-corrected chi connectivity index (χ1v) is 10.5. The molecule has 0 fully saturated rings. The number of aromatic nitrogens is 2. The molecular formula is C15H27ClN2O2Si. The van der Waals surface area contributed by atoms with E-state index in [1.54, 1.807) is 0 Å². The first kappa shape index (κ1) is 18.4. The Kier molecular flexibility index (Phi) is 5.45. The van der Waals surface area contributed by atoms with Gasteiger partial charge in [0.25, 0.3) is 5.56 Å². The Bertz CT molecular complexity index is 569. The zero-order valence-corrected chi connectivity index (χ0v) is 16.3. The first-order chi connectivity index (χ1) is 9.35. The lowest BCUT2D eigenvalue weighted by molar-refractivity contribution is 0.284. The monoisotopic (exact) mass is 330 g/mol. The Labute approximate surface area is 134 Å². The van der Waals surface area contributed by atoms with Crippen LogP contribution < -0.4 is 5.56 Å². The molecule has 120 valence electrons. The lowest BCUT2D eigenvalue weighted by Crippen LogP contribution is -2.41. The van der Waals surface area contributed by atoms with Gasteiger partial charge in [-0.25, -0.2) is 4.68 Å². The highest BCUT2D eigenvalue weighted by atomic mass is 35.5. The molecule has 1 aromatic heterocycles. The predicted octanol–water partition coefficient (Wildman–Crippen LogP) is 3.45. The summed E-state index contributed by atoms with van der Waals surface area (Å²) >= 11 is 6.46. The zero-order chi connectivity index (χ0) is 16.6. The third-order valence-corrected chi connectivity index (χ3v) is 4.28. The van der Waals surface area contributed by atoms with E-state index < -0.39 is 14.6 Å². The Morgan fingerprint density at radius 3 is 2.10 bits per heavy atom. The predicted molar refractivity (Wildman–Crippen MR) is 90.9 cm³/mol. The maximum absolute atomic E-state index is 12.8. The van der Waals surface area contributed by atoms with Gasteiger partial charge in [0.1, 0.15) is 5.69 Å². The van der Waals surface area contributed by atoms with Gasteiger partial charge in [0.2, 0.25) is 0 Å². The van der Waals surface area contributed by atoms with E-state index in [-0.39, 0.29) is 11.0 Å². The van der Waals surface area contributed by atoms with Gasteiger partial charge in [-0.2, -0.15) is 5.10 Å². The summed E-state index contributed by atoms with van der Waals surface area (Å²) in [5.41, 5.74) is 0.403. The molecule has 6 heteroatoms. The molecule has 0 unspecified atom stereocenters. The van der Waals surface area contributed by atoms with Crippen LogP contribution in [0.25, 0.3) is 0 Å². The van der Waals surface area contributed by atoms with Crippen LogP contribution in [0.3, 0.4) is 0 Å². The molecule has 0 bridgehead atoms. The van der Waals surface area contributed by atoms with Crippen LogP contribution in [0, 0.1) is 0 Å².